The molecule has 154 valence electrons. The first-order valence-corrected chi connectivity index (χ1v) is 9.87. The number of aliphatic imine (C=N–C) groups is 1. The van der Waals surface area contributed by atoms with Crippen LogP contribution in [0.5, 0.6) is 5.75 Å². The van der Waals surface area contributed by atoms with Crippen LogP contribution in [-0.4, -0.2) is 23.6 Å². The molecule has 0 radical (unpaired) electrons. The molecule has 3 rings (SSSR count). The molecule has 2 atom stereocenters. The summed E-state index contributed by atoms with van der Waals surface area (Å²) in [6, 6.07) is 12.8. The molecule has 0 aromatic heterocycles. The van der Waals surface area contributed by atoms with Crippen LogP contribution < -0.4 is 15.8 Å². The van der Waals surface area contributed by atoms with Gasteiger partial charge in [0.05, 0.1) is 6.04 Å². The normalized spacial score (nSPS) is 16.9. The molecule has 1 heterocycles. The van der Waals surface area contributed by atoms with Crippen LogP contribution in [0.4, 0.5) is 10.5 Å². The summed E-state index contributed by atoms with van der Waals surface area (Å²) in [5.41, 5.74) is 7.83. The largest absolute Gasteiger partial charge is 0.481 e. The fourth-order valence-corrected chi connectivity index (χ4v) is 3.23. The molecular formula is C22H26ClN3O3. The van der Waals surface area contributed by atoms with Crippen molar-refractivity contribution in [3.8, 4) is 5.75 Å². The Bertz CT molecular complexity index is 937. The Balaban J connectivity index is 1.91. The Kier molecular flexibility index (Phi) is 6.03. The lowest BCUT2D eigenvalue weighted by molar-refractivity contribution is 0.0503. The number of hydrogen-bond donors (Lipinski definition) is 2. The molecule has 0 aliphatic carbocycles. The second-order valence-electron chi connectivity index (χ2n) is 8.06. The van der Waals surface area contributed by atoms with Crippen LogP contribution in [0.25, 0.3) is 0 Å². The summed E-state index contributed by atoms with van der Waals surface area (Å²) < 4.78 is 11.2. The van der Waals surface area contributed by atoms with Crippen LogP contribution >= 0.6 is 11.6 Å². The van der Waals surface area contributed by atoms with Crippen molar-refractivity contribution in [2.75, 3.05) is 0 Å². The SMILES string of the molecule is CC1Oc2ccc(C(Cc3cccc(Cl)c3)NC(=O)OC(C)(C)C)cc2N=C1N. The van der Waals surface area contributed by atoms with Crippen molar-refractivity contribution in [3.05, 3.63) is 58.6 Å². The molecule has 1 aliphatic rings. The van der Waals surface area contributed by atoms with Gasteiger partial charge < -0.3 is 20.5 Å². The summed E-state index contributed by atoms with van der Waals surface area (Å²) in [4.78, 5) is 16.9. The number of nitrogens with two attached hydrogens (primary N) is 1. The van der Waals surface area contributed by atoms with Crippen molar-refractivity contribution in [1.29, 1.82) is 0 Å². The van der Waals surface area contributed by atoms with Crippen LogP contribution in [0.2, 0.25) is 5.02 Å². The number of rotatable bonds is 4. The summed E-state index contributed by atoms with van der Waals surface area (Å²) in [6.07, 6.45) is -0.222. The van der Waals surface area contributed by atoms with Crippen molar-refractivity contribution < 1.29 is 14.3 Å². The Labute approximate surface area is 176 Å². The molecule has 3 N–H and O–H groups in total. The molecule has 0 spiro atoms. The number of nitrogens with zero attached hydrogens (tertiary/aromatic N) is 1. The number of ether oxygens (including phenoxy) is 2. The monoisotopic (exact) mass is 415 g/mol. The number of hydrogen-bond acceptors (Lipinski definition) is 5. The standard InChI is InChI=1S/C22H26ClN3O3/c1-13-20(24)25-18-12-15(8-9-19(18)28-13)17(26-21(27)29-22(2,3)4)11-14-6-5-7-16(23)10-14/h5-10,12-13,17H,11H2,1-4H3,(H2,24,25)(H,26,27). The van der Waals surface area contributed by atoms with Crippen LogP contribution in [0.3, 0.4) is 0 Å². The highest BCUT2D eigenvalue weighted by atomic mass is 35.5. The molecular weight excluding hydrogens is 390 g/mol. The molecule has 1 amide bonds. The van der Waals surface area contributed by atoms with Gasteiger partial charge in [-0.25, -0.2) is 9.79 Å². The van der Waals surface area contributed by atoms with Crippen LogP contribution in [0, 0.1) is 0 Å². The Morgan fingerprint density at radius 1 is 1.31 bits per heavy atom. The molecule has 0 saturated carbocycles. The van der Waals surface area contributed by atoms with Crippen molar-refractivity contribution in [3.63, 3.8) is 0 Å². The molecule has 2 unspecified atom stereocenters. The van der Waals surface area contributed by atoms with Gasteiger partial charge >= 0.3 is 6.09 Å². The van der Waals surface area contributed by atoms with Crippen LogP contribution in [0.15, 0.2) is 47.5 Å². The maximum absolute atomic E-state index is 12.5. The zero-order chi connectivity index (χ0) is 21.2. The predicted octanol–water partition coefficient (Wildman–Crippen LogP) is 4.92. The molecule has 2 aromatic rings. The molecule has 0 bridgehead atoms. The number of amidine groups is 1. The maximum Gasteiger partial charge on any atom is 0.408 e. The number of alkyl carbamates (subject to hydrolysis) is 1. The highest BCUT2D eigenvalue weighted by Crippen LogP contribution is 2.35. The van der Waals surface area contributed by atoms with Crippen molar-refractivity contribution in [2.24, 2.45) is 10.7 Å². The Hall–Kier alpha value is -2.73. The number of carbonyl (C=O) groups is 1. The molecule has 2 aromatic carbocycles. The van der Waals surface area contributed by atoms with E-state index in [1.807, 2.05) is 70.2 Å². The van der Waals surface area contributed by atoms with Gasteiger partial charge in [0.15, 0.2) is 6.10 Å². The first-order valence-electron chi connectivity index (χ1n) is 9.49. The average molecular weight is 416 g/mol. The van der Waals surface area contributed by atoms with E-state index >= 15 is 0 Å². The zero-order valence-corrected chi connectivity index (χ0v) is 17.8. The average Bonchev–Trinajstić information content (AvgIpc) is 2.60. The quantitative estimate of drug-likeness (QED) is 0.742. The first kappa shape index (κ1) is 21.0. The van der Waals surface area contributed by atoms with E-state index < -0.39 is 11.7 Å². The number of fused-ring (bicyclic) bond motifs is 1. The van der Waals surface area contributed by atoms with Gasteiger partial charge in [0.1, 0.15) is 22.9 Å². The molecule has 0 saturated heterocycles. The lowest BCUT2D eigenvalue weighted by Crippen LogP contribution is -2.36. The molecule has 1 aliphatic heterocycles. The number of halogens is 1. The predicted molar refractivity (Wildman–Crippen MR) is 115 cm³/mol. The third-order valence-electron chi connectivity index (χ3n) is 4.37. The minimum Gasteiger partial charge on any atom is -0.481 e. The summed E-state index contributed by atoms with van der Waals surface area (Å²) in [7, 11) is 0. The van der Waals surface area contributed by atoms with Crippen LogP contribution in [-0.2, 0) is 11.2 Å². The van der Waals surface area contributed by atoms with E-state index in [0.717, 1.165) is 11.1 Å². The lowest BCUT2D eigenvalue weighted by Gasteiger charge is -2.26. The van der Waals surface area contributed by atoms with Gasteiger partial charge in [-0.05, 0) is 69.5 Å². The first-order chi connectivity index (χ1) is 13.6. The van der Waals surface area contributed by atoms with E-state index in [4.69, 9.17) is 26.8 Å². The molecule has 7 heteroatoms. The zero-order valence-electron chi connectivity index (χ0n) is 17.0. The lowest BCUT2D eigenvalue weighted by atomic mass is 9.98. The topological polar surface area (TPSA) is 85.9 Å². The van der Waals surface area contributed by atoms with E-state index in [2.05, 4.69) is 10.3 Å². The van der Waals surface area contributed by atoms with Crippen LogP contribution in [0.1, 0.15) is 44.9 Å². The second-order valence-corrected chi connectivity index (χ2v) is 8.49. The fraction of sp³-hybridized carbons (Fsp3) is 0.364. The summed E-state index contributed by atoms with van der Waals surface area (Å²) >= 11 is 6.13. The summed E-state index contributed by atoms with van der Waals surface area (Å²) in [5.74, 6) is 1.08. The summed E-state index contributed by atoms with van der Waals surface area (Å²) in [5, 5.41) is 3.60. The van der Waals surface area contributed by atoms with Gasteiger partial charge in [0, 0.05) is 5.02 Å². The van der Waals surface area contributed by atoms with Crippen molar-refractivity contribution in [2.45, 2.75) is 51.9 Å². The van der Waals surface area contributed by atoms with E-state index in [9.17, 15) is 4.79 Å². The van der Waals surface area contributed by atoms with Crippen molar-refractivity contribution in [1.82, 2.24) is 5.32 Å². The smallest absolute Gasteiger partial charge is 0.408 e. The number of amides is 1. The number of benzene rings is 2. The van der Waals surface area contributed by atoms with Gasteiger partial charge in [0.25, 0.3) is 0 Å². The van der Waals surface area contributed by atoms with Gasteiger partial charge in [-0.3, -0.25) is 0 Å². The minimum atomic E-state index is -0.594. The maximum atomic E-state index is 12.5. The van der Waals surface area contributed by atoms with E-state index in [-0.39, 0.29) is 12.1 Å². The summed E-state index contributed by atoms with van der Waals surface area (Å²) in [6.45, 7) is 7.33. The third kappa shape index (κ3) is 5.64. The van der Waals surface area contributed by atoms with E-state index in [1.165, 1.54) is 0 Å². The Morgan fingerprint density at radius 3 is 2.76 bits per heavy atom. The fourth-order valence-electron chi connectivity index (χ4n) is 3.02. The van der Waals surface area contributed by atoms with E-state index in [1.54, 1.807) is 0 Å². The second kappa shape index (κ2) is 8.33. The number of carbonyl (C=O) groups excluding carboxylic acids is 1. The molecule has 6 nitrogen and oxygen atoms in total. The highest BCUT2D eigenvalue weighted by Gasteiger charge is 2.24. The minimum absolute atomic E-state index is 0.268. The third-order valence-corrected chi connectivity index (χ3v) is 4.61. The molecule has 0 fully saturated rings. The number of nitrogens with one attached hydrogen (secondary N) is 1. The van der Waals surface area contributed by atoms with E-state index in [0.29, 0.717) is 28.7 Å². The van der Waals surface area contributed by atoms with Gasteiger partial charge in [-0.1, -0.05) is 29.8 Å². The highest BCUT2D eigenvalue weighted by molar-refractivity contribution is 6.30. The molecule has 29 heavy (non-hydrogen) atoms. The van der Waals surface area contributed by atoms with Gasteiger partial charge in [-0.2, -0.15) is 0 Å². The van der Waals surface area contributed by atoms with Crippen molar-refractivity contribution >= 4 is 29.2 Å². The van der Waals surface area contributed by atoms with Gasteiger partial charge in [-0.15, -0.1) is 0 Å². The Morgan fingerprint density at radius 2 is 2.07 bits per heavy atom. The van der Waals surface area contributed by atoms with Gasteiger partial charge in [0.2, 0.25) is 0 Å².